The number of esters is 1. The Morgan fingerprint density at radius 3 is 2.76 bits per heavy atom. The fourth-order valence-corrected chi connectivity index (χ4v) is 4.38. The van der Waals surface area contributed by atoms with Crippen LogP contribution in [0.25, 0.3) is 10.9 Å². The number of methoxy groups -OCH3 is 1. The lowest BCUT2D eigenvalue weighted by atomic mass is 10.1. The first-order chi connectivity index (χ1) is 14.2. The summed E-state index contributed by atoms with van der Waals surface area (Å²) < 4.78 is 12.2. The number of benzene rings is 2. The summed E-state index contributed by atoms with van der Waals surface area (Å²) in [5.41, 5.74) is 2.22. The van der Waals surface area contributed by atoms with Crippen molar-refractivity contribution < 1.29 is 14.3 Å². The number of nitrogens with zero attached hydrogens (tertiary/aromatic N) is 2. The molecule has 1 aliphatic heterocycles. The minimum atomic E-state index is -0.356. The topological polar surface area (TPSA) is 70.4 Å². The van der Waals surface area contributed by atoms with Crippen LogP contribution in [0.2, 0.25) is 0 Å². The van der Waals surface area contributed by atoms with Crippen LogP contribution in [0, 0.1) is 0 Å². The van der Waals surface area contributed by atoms with E-state index in [-0.39, 0.29) is 17.6 Å². The van der Waals surface area contributed by atoms with Crippen LogP contribution in [-0.2, 0) is 21.8 Å². The predicted octanol–water partition coefficient (Wildman–Crippen LogP) is 3.65. The normalized spacial score (nSPS) is 16.2. The zero-order valence-corrected chi connectivity index (χ0v) is 17.0. The van der Waals surface area contributed by atoms with Crippen molar-refractivity contribution in [1.82, 2.24) is 9.55 Å². The average molecular weight is 410 g/mol. The van der Waals surface area contributed by atoms with Crippen LogP contribution in [0.15, 0.2) is 58.5 Å². The van der Waals surface area contributed by atoms with Gasteiger partial charge < -0.3 is 9.47 Å². The molecule has 0 N–H and O–H groups in total. The Hall–Kier alpha value is -2.64. The molecule has 3 aromatic rings. The highest BCUT2D eigenvalue weighted by Gasteiger charge is 2.20. The minimum Gasteiger partial charge on any atom is -0.465 e. The van der Waals surface area contributed by atoms with E-state index >= 15 is 0 Å². The maximum absolute atomic E-state index is 13.1. The molecule has 0 aliphatic carbocycles. The Kier molecular flexibility index (Phi) is 5.97. The van der Waals surface area contributed by atoms with Crippen LogP contribution in [-0.4, -0.2) is 35.3 Å². The van der Waals surface area contributed by atoms with Crippen LogP contribution in [0.5, 0.6) is 0 Å². The SMILES string of the molecule is COC(=O)c1ccc(CSc2nc3ccccc3c(=O)n2C[C@H]2CCCO2)cc1. The van der Waals surface area contributed by atoms with Gasteiger partial charge >= 0.3 is 5.97 Å². The van der Waals surface area contributed by atoms with E-state index in [4.69, 9.17) is 14.5 Å². The van der Waals surface area contributed by atoms with E-state index < -0.39 is 0 Å². The van der Waals surface area contributed by atoms with Crippen molar-refractivity contribution in [2.45, 2.75) is 36.4 Å². The van der Waals surface area contributed by atoms with E-state index in [0.717, 1.165) is 25.0 Å². The Bertz CT molecular complexity index is 1070. The number of hydrogen-bond donors (Lipinski definition) is 0. The Morgan fingerprint density at radius 2 is 2.03 bits per heavy atom. The molecule has 0 amide bonds. The summed E-state index contributed by atoms with van der Waals surface area (Å²) in [7, 11) is 1.37. The van der Waals surface area contributed by atoms with Gasteiger partial charge in [0.2, 0.25) is 0 Å². The van der Waals surface area contributed by atoms with E-state index in [1.54, 1.807) is 16.7 Å². The first-order valence-corrected chi connectivity index (χ1v) is 10.6. The summed E-state index contributed by atoms with van der Waals surface area (Å²) in [6.07, 6.45) is 2.03. The number of carbonyl (C=O) groups is 1. The molecule has 1 saturated heterocycles. The van der Waals surface area contributed by atoms with Gasteiger partial charge in [-0.05, 0) is 42.7 Å². The van der Waals surface area contributed by atoms with Gasteiger partial charge in [-0.25, -0.2) is 9.78 Å². The molecule has 0 unspecified atom stereocenters. The molecule has 1 aliphatic rings. The van der Waals surface area contributed by atoms with Gasteiger partial charge in [0, 0.05) is 12.4 Å². The molecule has 2 heterocycles. The molecular formula is C22H22N2O4S. The quantitative estimate of drug-likeness (QED) is 0.351. The molecule has 7 heteroatoms. The van der Waals surface area contributed by atoms with Gasteiger partial charge in [-0.1, -0.05) is 36.0 Å². The number of aromatic nitrogens is 2. The fourth-order valence-electron chi connectivity index (χ4n) is 3.41. The highest BCUT2D eigenvalue weighted by molar-refractivity contribution is 7.98. The van der Waals surface area contributed by atoms with Crippen molar-refractivity contribution in [3.05, 3.63) is 70.0 Å². The van der Waals surface area contributed by atoms with Gasteiger partial charge in [0.1, 0.15) is 0 Å². The zero-order chi connectivity index (χ0) is 20.2. The smallest absolute Gasteiger partial charge is 0.337 e. The molecule has 1 fully saturated rings. The van der Waals surface area contributed by atoms with Gasteiger partial charge in [0.25, 0.3) is 5.56 Å². The lowest BCUT2D eigenvalue weighted by Crippen LogP contribution is -2.28. The summed E-state index contributed by atoms with van der Waals surface area (Å²) in [4.78, 5) is 29.4. The number of ether oxygens (including phenoxy) is 2. The van der Waals surface area contributed by atoms with Crippen molar-refractivity contribution >= 4 is 28.6 Å². The molecule has 2 aromatic carbocycles. The number of carbonyl (C=O) groups excluding carboxylic acids is 1. The van der Waals surface area contributed by atoms with E-state index in [1.807, 2.05) is 36.4 Å². The maximum Gasteiger partial charge on any atom is 0.337 e. The number of hydrogen-bond acceptors (Lipinski definition) is 6. The first-order valence-electron chi connectivity index (χ1n) is 9.57. The van der Waals surface area contributed by atoms with E-state index in [9.17, 15) is 9.59 Å². The summed E-state index contributed by atoms with van der Waals surface area (Å²) in [5, 5.41) is 1.30. The molecule has 0 radical (unpaired) electrons. The molecule has 0 spiro atoms. The zero-order valence-electron chi connectivity index (χ0n) is 16.2. The standard InChI is InChI=1S/C22H22N2O4S/c1-27-21(26)16-10-8-15(9-11-16)14-29-22-23-19-7-3-2-6-18(19)20(25)24(22)13-17-5-4-12-28-17/h2-3,6-11,17H,4-5,12-14H2,1H3/t17-/m1/s1. The van der Waals surface area contributed by atoms with E-state index in [0.29, 0.717) is 33.9 Å². The molecule has 0 bridgehead atoms. The highest BCUT2D eigenvalue weighted by Crippen LogP contribution is 2.24. The van der Waals surface area contributed by atoms with E-state index in [1.165, 1.54) is 18.9 Å². The van der Waals surface area contributed by atoms with Crippen LogP contribution >= 0.6 is 11.8 Å². The number of thioether (sulfide) groups is 1. The second kappa shape index (κ2) is 8.80. The highest BCUT2D eigenvalue weighted by atomic mass is 32.2. The molecule has 1 atom stereocenters. The largest absolute Gasteiger partial charge is 0.465 e. The molecule has 150 valence electrons. The van der Waals surface area contributed by atoms with Gasteiger partial charge in [-0.3, -0.25) is 9.36 Å². The lowest BCUT2D eigenvalue weighted by Gasteiger charge is -2.16. The second-order valence-electron chi connectivity index (χ2n) is 6.94. The summed E-state index contributed by atoms with van der Waals surface area (Å²) in [6, 6.07) is 14.7. The monoisotopic (exact) mass is 410 g/mol. The summed E-state index contributed by atoms with van der Waals surface area (Å²) in [6.45, 7) is 1.26. The minimum absolute atomic E-state index is 0.0327. The van der Waals surface area contributed by atoms with Gasteiger partial charge in [0.05, 0.1) is 36.2 Å². The molecular weight excluding hydrogens is 388 g/mol. The first kappa shape index (κ1) is 19.7. The van der Waals surface area contributed by atoms with E-state index in [2.05, 4.69) is 0 Å². The maximum atomic E-state index is 13.1. The van der Waals surface area contributed by atoms with Crippen LogP contribution in [0.4, 0.5) is 0 Å². The van der Waals surface area contributed by atoms with Crippen molar-refractivity contribution in [2.24, 2.45) is 0 Å². The van der Waals surface area contributed by atoms with Crippen LogP contribution < -0.4 is 5.56 Å². The van der Waals surface area contributed by atoms with Gasteiger partial charge in [0.15, 0.2) is 5.16 Å². The van der Waals surface area contributed by atoms with Crippen molar-refractivity contribution in [2.75, 3.05) is 13.7 Å². The number of fused-ring (bicyclic) bond motifs is 1. The summed E-state index contributed by atoms with van der Waals surface area (Å²) >= 11 is 1.51. The molecule has 0 saturated carbocycles. The second-order valence-corrected chi connectivity index (χ2v) is 7.88. The Balaban J connectivity index is 1.61. The lowest BCUT2D eigenvalue weighted by molar-refractivity contribution is 0.0600. The third kappa shape index (κ3) is 4.36. The van der Waals surface area contributed by atoms with Crippen LogP contribution in [0.3, 0.4) is 0 Å². The molecule has 4 rings (SSSR count). The fraction of sp³-hybridized carbons (Fsp3) is 0.318. The van der Waals surface area contributed by atoms with Crippen molar-refractivity contribution in [3.63, 3.8) is 0 Å². The molecule has 6 nitrogen and oxygen atoms in total. The third-order valence-corrected chi connectivity index (χ3v) is 6.03. The van der Waals surface area contributed by atoms with Gasteiger partial charge in [-0.15, -0.1) is 0 Å². The van der Waals surface area contributed by atoms with Crippen LogP contribution in [0.1, 0.15) is 28.8 Å². The Morgan fingerprint density at radius 1 is 1.24 bits per heavy atom. The van der Waals surface area contributed by atoms with Gasteiger partial charge in [-0.2, -0.15) is 0 Å². The third-order valence-electron chi connectivity index (χ3n) is 4.98. The molecule has 29 heavy (non-hydrogen) atoms. The average Bonchev–Trinajstić information content (AvgIpc) is 3.27. The number of rotatable bonds is 6. The van der Waals surface area contributed by atoms with Crippen molar-refractivity contribution in [3.8, 4) is 0 Å². The Labute approximate surface area is 172 Å². The molecule has 1 aromatic heterocycles. The number of para-hydroxylation sites is 1. The van der Waals surface area contributed by atoms with Crippen molar-refractivity contribution in [1.29, 1.82) is 0 Å². The summed E-state index contributed by atoms with van der Waals surface area (Å²) in [5.74, 6) is 0.281. The predicted molar refractivity (Wildman–Crippen MR) is 112 cm³/mol.